The maximum Gasteiger partial charge on any atom is 0.251 e. The van der Waals surface area contributed by atoms with E-state index in [0.29, 0.717) is 31.1 Å². The molecular formula is C30H36N8O2. The molecule has 2 amide bonds. The molecule has 10 heteroatoms. The van der Waals surface area contributed by atoms with Gasteiger partial charge in [0.15, 0.2) is 5.82 Å². The van der Waals surface area contributed by atoms with Crippen molar-refractivity contribution in [1.82, 2.24) is 40.0 Å². The van der Waals surface area contributed by atoms with Crippen molar-refractivity contribution < 1.29 is 9.59 Å². The minimum atomic E-state index is -0.209. The number of rotatable bonds is 9. The van der Waals surface area contributed by atoms with Gasteiger partial charge in [-0.1, -0.05) is 6.08 Å². The lowest BCUT2D eigenvalue weighted by Gasteiger charge is -2.20. The first-order chi connectivity index (χ1) is 19.4. The number of aromatic nitrogens is 4. The summed E-state index contributed by atoms with van der Waals surface area (Å²) in [5, 5.41) is 10.5. The third-order valence-corrected chi connectivity index (χ3v) is 7.76. The standard InChI is InChI=1S/C30H36N8O2/c1-36(2)13-5-7-27(39)33-23-16-31-17-24(23)35-30(40)21-10-11-25-22(14-21)34-29(37(25)3)26-15-20-6-4-12-32-28(20)38(26)18-19-8-9-19/h4-7,10-12,14-15,19,23-24,31H,8-9,13,16-18H2,1-3H3,(H,33,39)(H,35,40)/b7-5+/t23-,24?/m0/s1. The number of hydrogen-bond acceptors (Lipinski definition) is 6. The van der Waals surface area contributed by atoms with Crippen LogP contribution < -0.4 is 16.0 Å². The number of hydrogen-bond donors (Lipinski definition) is 3. The number of nitrogens with zero attached hydrogens (tertiary/aromatic N) is 5. The summed E-state index contributed by atoms with van der Waals surface area (Å²) in [7, 11) is 5.91. The normalized spacial score (nSPS) is 19.3. The first kappa shape index (κ1) is 26.2. The van der Waals surface area contributed by atoms with Gasteiger partial charge in [0.25, 0.3) is 5.91 Å². The van der Waals surface area contributed by atoms with Gasteiger partial charge < -0.3 is 30.0 Å². The molecule has 1 aliphatic heterocycles. The van der Waals surface area contributed by atoms with E-state index in [1.54, 1.807) is 6.08 Å². The highest BCUT2D eigenvalue weighted by Gasteiger charge is 2.30. The van der Waals surface area contributed by atoms with Crippen LogP contribution in [0, 0.1) is 5.92 Å². The number of benzene rings is 1. The van der Waals surface area contributed by atoms with E-state index >= 15 is 0 Å². The second-order valence-electron chi connectivity index (χ2n) is 11.2. The van der Waals surface area contributed by atoms with Crippen LogP contribution in [-0.4, -0.2) is 81.6 Å². The Hall–Kier alpha value is -4.02. The molecule has 6 rings (SSSR count). The molecule has 2 fully saturated rings. The average molecular weight is 541 g/mol. The molecule has 1 aliphatic carbocycles. The van der Waals surface area contributed by atoms with Crippen LogP contribution in [0.1, 0.15) is 23.2 Å². The van der Waals surface area contributed by atoms with Gasteiger partial charge >= 0.3 is 0 Å². The Balaban J connectivity index is 1.21. The van der Waals surface area contributed by atoms with E-state index in [2.05, 4.69) is 42.2 Å². The van der Waals surface area contributed by atoms with Gasteiger partial charge in [0.05, 0.1) is 28.8 Å². The molecule has 4 heterocycles. The second kappa shape index (κ2) is 10.9. The van der Waals surface area contributed by atoms with Crippen molar-refractivity contribution in [2.45, 2.75) is 31.5 Å². The van der Waals surface area contributed by atoms with E-state index in [4.69, 9.17) is 4.98 Å². The predicted molar refractivity (Wildman–Crippen MR) is 156 cm³/mol. The summed E-state index contributed by atoms with van der Waals surface area (Å²) in [6.07, 6.45) is 7.71. The third kappa shape index (κ3) is 5.37. The lowest BCUT2D eigenvalue weighted by atomic mass is 10.1. The summed E-state index contributed by atoms with van der Waals surface area (Å²) in [4.78, 5) is 37.2. The van der Waals surface area contributed by atoms with Crippen molar-refractivity contribution in [2.24, 2.45) is 13.0 Å². The monoisotopic (exact) mass is 540 g/mol. The molecular weight excluding hydrogens is 504 g/mol. The zero-order valence-corrected chi connectivity index (χ0v) is 23.2. The number of pyridine rings is 1. The van der Waals surface area contributed by atoms with Crippen molar-refractivity contribution >= 4 is 33.9 Å². The zero-order valence-electron chi connectivity index (χ0n) is 23.2. The van der Waals surface area contributed by atoms with Crippen molar-refractivity contribution in [3.63, 3.8) is 0 Å². The molecule has 2 atom stereocenters. The summed E-state index contributed by atoms with van der Waals surface area (Å²) in [6.45, 7) is 2.82. The molecule has 3 aromatic heterocycles. The fourth-order valence-electron chi connectivity index (χ4n) is 5.42. The van der Waals surface area contributed by atoms with Gasteiger partial charge in [-0.3, -0.25) is 9.59 Å². The van der Waals surface area contributed by atoms with Gasteiger partial charge in [0.1, 0.15) is 5.65 Å². The Labute approximate surface area is 233 Å². The molecule has 2 aliphatic rings. The summed E-state index contributed by atoms with van der Waals surface area (Å²) >= 11 is 0. The van der Waals surface area contributed by atoms with Crippen LogP contribution in [-0.2, 0) is 18.4 Å². The number of carbonyl (C=O) groups excluding carboxylic acids is 2. The fraction of sp³-hybridized carbons (Fsp3) is 0.400. The lowest BCUT2D eigenvalue weighted by molar-refractivity contribution is -0.117. The highest BCUT2D eigenvalue weighted by atomic mass is 16.2. The number of amides is 2. The topological polar surface area (TPSA) is 109 Å². The van der Waals surface area contributed by atoms with Crippen LogP contribution >= 0.6 is 0 Å². The SMILES string of the molecule is CN(C)C/C=C/C(=O)N[C@H]1CNCC1NC(=O)c1ccc2c(c1)nc(-c1cc3cccnc3n1CC1CC1)n2C. The van der Waals surface area contributed by atoms with Gasteiger partial charge in [-0.05, 0) is 69.3 Å². The molecule has 3 N–H and O–H groups in total. The van der Waals surface area contributed by atoms with E-state index < -0.39 is 0 Å². The molecule has 0 bridgehead atoms. The molecule has 208 valence electrons. The molecule has 1 unspecified atom stereocenters. The smallest absolute Gasteiger partial charge is 0.251 e. The Bertz CT molecular complexity index is 1600. The minimum absolute atomic E-state index is 0.161. The molecule has 10 nitrogen and oxygen atoms in total. The second-order valence-corrected chi connectivity index (χ2v) is 11.2. The molecule has 40 heavy (non-hydrogen) atoms. The van der Waals surface area contributed by atoms with Gasteiger partial charge in [-0.2, -0.15) is 0 Å². The van der Waals surface area contributed by atoms with Crippen molar-refractivity contribution in [1.29, 1.82) is 0 Å². The molecule has 0 spiro atoms. The first-order valence-corrected chi connectivity index (χ1v) is 13.9. The lowest BCUT2D eigenvalue weighted by Crippen LogP contribution is -2.50. The van der Waals surface area contributed by atoms with E-state index in [1.807, 2.05) is 62.6 Å². The molecule has 1 saturated heterocycles. The maximum atomic E-state index is 13.3. The largest absolute Gasteiger partial charge is 0.346 e. The highest BCUT2D eigenvalue weighted by Crippen LogP contribution is 2.35. The first-order valence-electron chi connectivity index (χ1n) is 13.9. The van der Waals surface area contributed by atoms with E-state index in [0.717, 1.165) is 40.1 Å². The minimum Gasteiger partial charge on any atom is -0.346 e. The van der Waals surface area contributed by atoms with E-state index in [1.165, 1.54) is 12.8 Å². The van der Waals surface area contributed by atoms with Crippen LogP contribution in [0.25, 0.3) is 33.6 Å². The fourth-order valence-corrected chi connectivity index (χ4v) is 5.42. The third-order valence-electron chi connectivity index (χ3n) is 7.76. The average Bonchev–Trinajstić information content (AvgIpc) is 3.41. The number of likely N-dealkylation sites (N-methyl/N-ethyl adjacent to an activating group) is 1. The number of imidazole rings is 1. The van der Waals surface area contributed by atoms with Crippen LogP contribution in [0.5, 0.6) is 0 Å². The zero-order chi connectivity index (χ0) is 27.8. The summed E-state index contributed by atoms with van der Waals surface area (Å²) in [6, 6.07) is 11.5. The Morgan fingerprint density at radius 3 is 2.70 bits per heavy atom. The van der Waals surface area contributed by atoms with Gasteiger partial charge in [-0.15, -0.1) is 0 Å². The number of nitrogens with one attached hydrogen (secondary N) is 3. The number of carbonyl (C=O) groups is 2. The van der Waals surface area contributed by atoms with Crippen molar-refractivity contribution in [3.05, 3.63) is 60.3 Å². The molecule has 4 aromatic rings. The summed E-state index contributed by atoms with van der Waals surface area (Å²) in [5.74, 6) is 1.20. The van der Waals surface area contributed by atoms with Crippen molar-refractivity contribution in [3.8, 4) is 11.5 Å². The quantitative estimate of drug-likeness (QED) is 0.281. The van der Waals surface area contributed by atoms with Crippen LogP contribution in [0.3, 0.4) is 0 Å². The Morgan fingerprint density at radius 2 is 1.93 bits per heavy atom. The molecule has 1 saturated carbocycles. The number of fused-ring (bicyclic) bond motifs is 2. The van der Waals surface area contributed by atoms with Crippen LogP contribution in [0.15, 0.2) is 54.7 Å². The Morgan fingerprint density at radius 1 is 1.12 bits per heavy atom. The summed E-state index contributed by atoms with van der Waals surface area (Å²) in [5.41, 5.74) is 4.29. The van der Waals surface area contributed by atoms with E-state index in [-0.39, 0.29) is 23.9 Å². The van der Waals surface area contributed by atoms with Crippen LogP contribution in [0.4, 0.5) is 0 Å². The summed E-state index contributed by atoms with van der Waals surface area (Å²) < 4.78 is 4.38. The molecule has 0 radical (unpaired) electrons. The number of aryl methyl sites for hydroxylation is 1. The predicted octanol–water partition coefficient (Wildman–Crippen LogP) is 2.30. The van der Waals surface area contributed by atoms with Gasteiger partial charge in [-0.25, -0.2) is 9.97 Å². The maximum absolute atomic E-state index is 13.3. The van der Waals surface area contributed by atoms with Gasteiger partial charge in [0, 0.05) is 56.4 Å². The Kier molecular flexibility index (Phi) is 7.12. The van der Waals surface area contributed by atoms with Crippen molar-refractivity contribution in [2.75, 3.05) is 33.7 Å². The van der Waals surface area contributed by atoms with Crippen LogP contribution in [0.2, 0.25) is 0 Å². The highest BCUT2D eigenvalue weighted by molar-refractivity contribution is 5.98. The van der Waals surface area contributed by atoms with Gasteiger partial charge in [0.2, 0.25) is 5.91 Å². The molecule has 1 aromatic carbocycles. The van der Waals surface area contributed by atoms with E-state index in [9.17, 15) is 9.59 Å².